The van der Waals surface area contributed by atoms with Gasteiger partial charge in [0.1, 0.15) is 5.82 Å². The zero-order valence-electron chi connectivity index (χ0n) is 10.8. The summed E-state index contributed by atoms with van der Waals surface area (Å²) in [5.41, 5.74) is 1.80. The summed E-state index contributed by atoms with van der Waals surface area (Å²) in [5, 5.41) is 13.0. The highest BCUT2D eigenvalue weighted by molar-refractivity contribution is 5.72. The molecule has 1 heterocycles. The zero-order chi connectivity index (χ0) is 14.0. The Bertz CT molecular complexity index is 605. The van der Waals surface area contributed by atoms with Crippen molar-refractivity contribution in [3.63, 3.8) is 0 Å². The van der Waals surface area contributed by atoms with Crippen molar-refractivity contribution >= 4 is 5.97 Å². The van der Waals surface area contributed by atoms with Gasteiger partial charge in [-0.05, 0) is 37.1 Å². The van der Waals surface area contributed by atoms with E-state index < -0.39 is 11.8 Å². The van der Waals surface area contributed by atoms with Crippen molar-refractivity contribution in [2.24, 2.45) is 0 Å². The Morgan fingerprint density at radius 3 is 2.74 bits per heavy atom. The zero-order valence-corrected chi connectivity index (χ0v) is 10.8. The predicted molar refractivity (Wildman–Crippen MR) is 69.3 cm³/mol. The molecule has 1 N–H and O–H groups in total. The normalized spacial score (nSPS) is 10.9. The van der Waals surface area contributed by atoms with E-state index in [1.165, 1.54) is 6.07 Å². The predicted octanol–water partition coefficient (Wildman–Crippen LogP) is 2.90. The summed E-state index contributed by atoms with van der Waals surface area (Å²) < 4.78 is 15.3. The summed E-state index contributed by atoms with van der Waals surface area (Å²) in [6, 6.07) is 4.72. The molecule has 100 valence electrons. The van der Waals surface area contributed by atoms with Crippen LogP contribution in [0.3, 0.4) is 0 Å². The Morgan fingerprint density at radius 2 is 2.16 bits per heavy atom. The molecule has 2 rings (SSSR count). The summed E-state index contributed by atoms with van der Waals surface area (Å²) in [5.74, 6) is -1.55. The average Bonchev–Trinajstić information content (AvgIpc) is 2.81. The molecule has 0 unspecified atom stereocenters. The van der Waals surface area contributed by atoms with Crippen LogP contribution in [0.25, 0.3) is 11.1 Å². The number of nitrogens with zero attached hydrogens (tertiary/aromatic N) is 2. The topological polar surface area (TPSA) is 55.1 Å². The number of carboxylic acid groups (broad SMARTS) is 1. The molecule has 0 atom stereocenters. The Kier molecular flexibility index (Phi) is 3.64. The molecule has 0 spiro atoms. The van der Waals surface area contributed by atoms with Crippen LogP contribution in [0.2, 0.25) is 0 Å². The summed E-state index contributed by atoms with van der Waals surface area (Å²) in [7, 11) is 0. The minimum Gasteiger partial charge on any atom is -0.481 e. The smallest absolute Gasteiger partial charge is 0.307 e. The monoisotopic (exact) mass is 262 g/mol. The standard InChI is InChI=1S/C14H15FN2O2/c1-9(2)17-8-12(7-16-17)10-3-4-13(15)11(5-10)6-14(18)19/h3-5,7-9H,6H2,1-2H3,(H,18,19). The first kappa shape index (κ1) is 13.3. The minimum atomic E-state index is -1.05. The maximum absolute atomic E-state index is 13.5. The number of halogens is 1. The van der Waals surface area contributed by atoms with Gasteiger partial charge in [-0.25, -0.2) is 4.39 Å². The van der Waals surface area contributed by atoms with Gasteiger partial charge in [-0.1, -0.05) is 6.07 Å². The third-order valence-corrected chi connectivity index (χ3v) is 2.85. The van der Waals surface area contributed by atoms with Crippen LogP contribution in [0.4, 0.5) is 4.39 Å². The molecule has 4 nitrogen and oxygen atoms in total. The third kappa shape index (κ3) is 2.99. The van der Waals surface area contributed by atoms with Gasteiger partial charge < -0.3 is 5.11 Å². The molecule has 0 radical (unpaired) electrons. The largest absolute Gasteiger partial charge is 0.481 e. The fraction of sp³-hybridized carbons (Fsp3) is 0.286. The number of benzene rings is 1. The molecule has 1 aromatic heterocycles. The number of hydrogen-bond acceptors (Lipinski definition) is 2. The number of hydrogen-bond donors (Lipinski definition) is 1. The molecule has 2 aromatic rings. The fourth-order valence-electron chi connectivity index (χ4n) is 1.82. The molecule has 0 aliphatic rings. The van der Waals surface area contributed by atoms with Crippen LogP contribution in [0.15, 0.2) is 30.6 Å². The molecule has 0 bridgehead atoms. The summed E-state index contributed by atoms with van der Waals surface area (Å²) in [4.78, 5) is 10.7. The van der Waals surface area contributed by atoms with Crippen molar-refractivity contribution in [1.82, 2.24) is 9.78 Å². The van der Waals surface area contributed by atoms with Crippen LogP contribution < -0.4 is 0 Å². The van der Waals surface area contributed by atoms with E-state index in [0.29, 0.717) is 0 Å². The van der Waals surface area contributed by atoms with Crippen LogP contribution in [-0.2, 0) is 11.2 Å². The van der Waals surface area contributed by atoms with Crippen molar-refractivity contribution in [3.8, 4) is 11.1 Å². The fourth-order valence-corrected chi connectivity index (χ4v) is 1.82. The van der Waals surface area contributed by atoms with Gasteiger partial charge in [0.25, 0.3) is 0 Å². The highest BCUT2D eigenvalue weighted by atomic mass is 19.1. The molecule has 0 fully saturated rings. The average molecular weight is 262 g/mol. The second kappa shape index (κ2) is 5.22. The molecule has 0 aliphatic carbocycles. The number of aliphatic carboxylic acids is 1. The lowest BCUT2D eigenvalue weighted by molar-refractivity contribution is -0.136. The van der Waals surface area contributed by atoms with E-state index in [1.54, 1.807) is 23.0 Å². The van der Waals surface area contributed by atoms with Crippen molar-refractivity contribution < 1.29 is 14.3 Å². The van der Waals surface area contributed by atoms with Crippen molar-refractivity contribution in [3.05, 3.63) is 42.0 Å². The SMILES string of the molecule is CC(C)n1cc(-c2ccc(F)c(CC(=O)O)c2)cn1. The van der Waals surface area contributed by atoms with Crippen LogP contribution in [0.1, 0.15) is 25.5 Å². The molecule has 0 amide bonds. The van der Waals surface area contributed by atoms with Crippen LogP contribution in [0, 0.1) is 5.82 Å². The van der Waals surface area contributed by atoms with Gasteiger partial charge in [-0.3, -0.25) is 9.48 Å². The highest BCUT2D eigenvalue weighted by Crippen LogP contribution is 2.23. The number of rotatable bonds is 4. The molecule has 0 aliphatic heterocycles. The van der Waals surface area contributed by atoms with Crippen LogP contribution in [-0.4, -0.2) is 20.9 Å². The second-order valence-electron chi connectivity index (χ2n) is 4.68. The van der Waals surface area contributed by atoms with Gasteiger partial charge in [0.15, 0.2) is 0 Å². The molecule has 0 saturated carbocycles. The van der Waals surface area contributed by atoms with Crippen molar-refractivity contribution in [2.45, 2.75) is 26.3 Å². The summed E-state index contributed by atoms with van der Waals surface area (Å²) in [6.07, 6.45) is 3.23. The third-order valence-electron chi connectivity index (χ3n) is 2.85. The summed E-state index contributed by atoms with van der Waals surface area (Å²) in [6.45, 7) is 4.02. The summed E-state index contributed by atoms with van der Waals surface area (Å²) >= 11 is 0. The maximum atomic E-state index is 13.5. The van der Waals surface area contributed by atoms with E-state index in [9.17, 15) is 9.18 Å². The number of carboxylic acids is 1. The van der Waals surface area contributed by atoms with E-state index in [2.05, 4.69) is 5.10 Å². The molecule has 1 aromatic carbocycles. The van der Waals surface area contributed by atoms with Crippen LogP contribution in [0.5, 0.6) is 0 Å². The molecular weight excluding hydrogens is 247 g/mol. The van der Waals surface area contributed by atoms with E-state index >= 15 is 0 Å². The Hall–Kier alpha value is -2.17. The molecular formula is C14H15FN2O2. The van der Waals surface area contributed by atoms with Gasteiger partial charge in [-0.2, -0.15) is 5.10 Å². The van der Waals surface area contributed by atoms with E-state index in [1.807, 2.05) is 20.0 Å². The van der Waals surface area contributed by atoms with Gasteiger partial charge in [0.2, 0.25) is 0 Å². The number of carbonyl (C=O) groups is 1. The quantitative estimate of drug-likeness (QED) is 0.921. The van der Waals surface area contributed by atoms with Crippen LogP contribution >= 0.6 is 0 Å². The van der Waals surface area contributed by atoms with Gasteiger partial charge >= 0.3 is 5.97 Å². The van der Waals surface area contributed by atoms with Gasteiger partial charge in [0, 0.05) is 17.8 Å². The Morgan fingerprint density at radius 1 is 1.42 bits per heavy atom. The lowest BCUT2D eigenvalue weighted by Crippen LogP contribution is -2.02. The van der Waals surface area contributed by atoms with Crippen molar-refractivity contribution in [2.75, 3.05) is 0 Å². The highest BCUT2D eigenvalue weighted by Gasteiger charge is 2.10. The molecule has 19 heavy (non-hydrogen) atoms. The lowest BCUT2D eigenvalue weighted by atomic mass is 10.0. The Balaban J connectivity index is 2.36. The van der Waals surface area contributed by atoms with Gasteiger partial charge in [0.05, 0.1) is 12.6 Å². The number of aromatic nitrogens is 2. The first-order chi connectivity index (χ1) is 8.97. The first-order valence-corrected chi connectivity index (χ1v) is 6.02. The van der Waals surface area contributed by atoms with Crippen molar-refractivity contribution in [1.29, 1.82) is 0 Å². The minimum absolute atomic E-state index is 0.183. The maximum Gasteiger partial charge on any atom is 0.307 e. The van der Waals surface area contributed by atoms with E-state index in [-0.39, 0.29) is 18.0 Å². The van der Waals surface area contributed by atoms with Gasteiger partial charge in [-0.15, -0.1) is 0 Å². The lowest BCUT2D eigenvalue weighted by Gasteiger charge is -2.05. The molecule has 5 heteroatoms. The Labute approximate surface area is 110 Å². The second-order valence-corrected chi connectivity index (χ2v) is 4.68. The van der Waals surface area contributed by atoms with E-state index in [0.717, 1.165) is 11.1 Å². The first-order valence-electron chi connectivity index (χ1n) is 6.02. The van der Waals surface area contributed by atoms with E-state index in [4.69, 9.17) is 5.11 Å². The molecule has 0 saturated heterocycles.